The number of carboxylic acids is 1. The molecular weight excluding hydrogens is 244 g/mol. The lowest BCUT2D eigenvalue weighted by Gasteiger charge is -2.20. The van der Waals surface area contributed by atoms with Crippen LogP contribution in [0.5, 0.6) is 0 Å². The summed E-state index contributed by atoms with van der Waals surface area (Å²) in [5.41, 5.74) is 0.578. The Hall–Kier alpha value is -1.88. The van der Waals surface area contributed by atoms with Crippen molar-refractivity contribution >= 4 is 11.9 Å². The summed E-state index contributed by atoms with van der Waals surface area (Å²) in [7, 11) is 0. The molecule has 102 valence electrons. The van der Waals surface area contributed by atoms with Crippen molar-refractivity contribution in [3.63, 3.8) is 0 Å². The van der Waals surface area contributed by atoms with Crippen LogP contribution in [0, 0.1) is 5.92 Å². The molecule has 1 aromatic rings. The van der Waals surface area contributed by atoms with Crippen molar-refractivity contribution in [1.82, 2.24) is 10.6 Å². The summed E-state index contributed by atoms with van der Waals surface area (Å²) in [5, 5.41) is 15.0. The minimum absolute atomic E-state index is 0.227. The van der Waals surface area contributed by atoms with Crippen LogP contribution in [-0.2, 0) is 9.59 Å². The van der Waals surface area contributed by atoms with Gasteiger partial charge in [-0.3, -0.25) is 4.79 Å². The third-order valence-electron chi connectivity index (χ3n) is 3.48. The number of carbonyl (C=O) groups is 2. The Morgan fingerprint density at radius 2 is 2.05 bits per heavy atom. The highest BCUT2D eigenvalue weighted by molar-refractivity contribution is 5.88. The molecule has 1 fully saturated rings. The number of rotatable bonds is 4. The molecule has 0 aliphatic carbocycles. The first-order valence-corrected chi connectivity index (χ1v) is 6.41. The van der Waals surface area contributed by atoms with Crippen molar-refractivity contribution in [2.75, 3.05) is 6.54 Å². The molecule has 0 bridgehead atoms. The third kappa shape index (κ3) is 3.12. The van der Waals surface area contributed by atoms with Gasteiger partial charge in [-0.2, -0.15) is 0 Å². The van der Waals surface area contributed by atoms with E-state index in [4.69, 9.17) is 0 Å². The number of hydrogen-bond donors (Lipinski definition) is 3. The Kier molecular flexibility index (Phi) is 4.16. The van der Waals surface area contributed by atoms with Crippen LogP contribution in [-0.4, -0.2) is 29.6 Å². The van der Waals surface area contributed by atoms with Gasteiger partial charge in [0.15, 0.2) is 6.04 Å². The number of benzene rings is 1. The summed E-state index contributed by atoms with van der Waals surface area (Å²) in [4.78, 5) is 23.4. The topological polar surface area (TPSA) is 78.4 Å². The molecule has 19 heavy (non-hydrogen) atoms. The van der Waals surface area contributed by atoms with E-state index in [9.17, 15) is 14.7 Å². The van der Waals surface area contributed by atoms with Gasteiger partial charge < -0.3 is 15.7 Å². The van der Waals surface area contributed by atoms with E-state index >= 15 is 0 Å². The van der Waals surface area contributed by atoms with Crippen molar-refractivity contribution < 1.29 is 14.7 Å². The molecular formula is C14H18N2O3. The second kappa shape index (κ2) is 5.84. The fraction of sp³-hybridized carbons (Fsp3) is 0.429. The van der Waals surface area contributed by atoms with Gasteiger partial charge in [-0.25, -0.2) is 4.79 Å². The summed E-state index contributed by atoms with van der Waals surface area (Å²) in [6, 6.07) is 7.43. The Bertz CT molecular complexity index is 461. The SMILES string of the molecule is CC1CCNC1C(=O)N[C@@H](C(=O)O)c1ccccc1. The summed E-state index contributed by atoms with van der Waals surface area (Å²) >= 11 is 0. The van der Waals surface area contributed by atoms with Crippen LogP contribution < -0.4 is 10.6 Å². The first-order chi connectivity index (χ1) is 9.09. The molecule has 3 atom stereocenters. The number of amides is 1. The number of aliphatic carboxylic acids is 1. The van der Waals surface area contributed by atoms with E-state index in [0.29, 0.717) is 5.56 Å². The van der Waals surface area contributed by atoms with Crippen molar-refractivity contribution in [3.05, 3.63) is 35.9 Å². The molecule has 5 nitrogen and oxygen atoms in total. The molecule has 0 radical (unpaired) electrons. The summed E-state index contributed by atoms with van der Waals surface area (Å²) < 4.78 is 0. The normalized spacial score (nSPS) is 23.8. The minimum Gasteiger partial charge on any atom is -0.479 e. The van der Waals surface area contributed by atoms with Gasteiger partial charge in [0.25, 0.3) is 0 Å². The van der Waals surface area contributed by atoms with E-state index in [1.165, 1.54) is 0 Å². The van der Waals surface area contributed by atoms with Crippen LogP contribution in [0.2, 0.25) is 0 Å². The van der Waals surface area contributed by atoms with Crippen LogP contribution in [0.1, 0.15) is 24.9 Å². The molecule has 0 aromatic heterocycles. The molecule has 1 amide bonds. The highest BCUT2D eigenvalue weighted by atomic mass is 16.4. The molecule has 1 saturated heterocycles. The van der Waals surface area contributed by atoms with Crippen molar-refractivity contribution in [1.29, 1.82) is 0 Å². The van der Waals surface area contributed by atoms with Crippen LogP contribution in [0.3, 0.4) is 0 Å². The van der Waals surface area contributed by atoms with Gasteiger partial charge in [0, 0.05) is 0 Å². The third-order valence-corrected chi connectivity index (χ3v) is 3.48. The quantitative estimate of drug-likeness (QED) is 0.754. The number of hydrogen-bond acceptors (Lipinski definition) is 3. The zero-order valence-corrected chi connectivity index (χ0v) is 10.8. The Balaban J connectivity index is 2.09. The predicted molar refractivity (Wildman–Crippen MR) is 70.5 cm³/mol. The number of carbonyl (C=O) groups excluding carboxylic acids is 1. The van der Waals surface area contributed by atoms with Gasteiger partial charge >= 0.3 is 5.97 Å². The molecule has 1 heterocycles. The first kappa shape index (κ1) is 13.5. The van der Waals surface area contributed by atoms with E-state index in [2.05, 4.69) is 10.6 Å². The maximum atomic E-state index is 12.1. The maximum Gasteiger partial charge on any atom is 0.330 e. The van der Waals surface area contributed by atoms with Crippen LogP contribution >= 0.6 is 0 Å². The molecule has 3 N–H and O–H groups in total. The molecule has 1 aromatic carbocycles. The van der Waals surface area contributed by atoms with Crippen LogP contribution in [0.25, 0.3) is 0 Å². The van der Waals surface area contributed by atoms with Crippen molar-refractivity contribution in [3.8, 4) is 0 Å². The number of nitrogens with one attached hydrogen (secondary N) is 2. The highest BCUT2D eigenvalue weighted by Crippen LogP contribution is 2.17. The molecule has 1 aliphatic heterocycles. The zero-order chi connectivity index (χ0) is 13.8. The summed E-state index contributed by atoms with van der Waals surface area (Å²) in [5.74, 6) is -1.07. The lowest BCUT2D eigenvalue weighted by atomic mass is 10.0. The van der Waals surface area contributed by atoms with Gasteiger partial charge in [0.2, 0.25) is 5.91 Å². The van der Waals surface area contributed by atoms with E-state index < -0.39 is 12.0 Å². The Morgan fingerprint density at radius 3 is 2.58 bits per heavy atom. The van der Waals surface area contributed by atoms with Gasteiger partial charge in [0.1, 0.15) is 0 Å². The van der Waals surface area contributed by atoms with Crippen molar-refractivity contribution in [2.45, 2.75) is 25.4 Å². The van der Waals surface area contributed by atoms with Crippen LogP contribution in [0.4, 0.5) is 0 Å². The second-order valence-electron chi connectivity index (χ2n) is 4.89. The molecule has 0 saturated carbocycles. The van der Waals surface area contributed by atoms with Crippen LogP contribution in [0.15, 0.2) is 30.3 Å². The maximum absolute atomic E-state index is 12.1. The fourth-order valence-electron chi connectivity index (χ4n) is 2.35. The lowest BCUT2D eigenvalue weighted by molar-refractivity contribution is -0.142. The fourth-order valence-corrected chi connectivity index (χ4v) is 2.35. The average Bonchev–Trinajstić information content (AvgIpc) is 2.82. The van der Waals surface area contributed by atoms with E-state index in [-0.39, 0.29) is 17.9 Å². The Labute approximate surface area is 112 Å². The standard InChI is InChI=1S/C14H18N2O3/c1-9-7-8-15-11(9)13(17)16-12(14(18)19)10-5-3-2-4-6-10/h2-6,9,11-12,15H,7-8H2,1H3,(H,16,17)(H,18,19)/t9?,11?,12-/m1/s1. The van der Waals surface area contributed by atoms with Gasteiger partial charge in [0.05, 0.1) is 6.04 Å². The van der Waals surface area contributed by atoms with Gasteiger partial charge in [-0.15, -0.1) is 0 Å². The monoisotopic (exact) mass is 262 g/mol. The lowest BCUT2D eigenvalue weighted by Crippen LogP contribution is -2.46. The largest absolute Gasteiger partial charge is 0.479 e. The average molecular weight is 262 g/mol. The summed E-state index contributed by atoms with van der Waals surface area (Å²) in [6.07, 6.45) is 0.932. The highest BCUT2D eigenvalue weighted by Gasteiger charge is 2.32. The van der Waals surface area contributed by atoms with E-state index in [1.807, 2.05) is 13.0 Å². The first-order valence-electron chi connectivity index (χ1n) is 6.41. The van der Waals surface area contributed by atoms with Crippen molar-refractivity contribution in [2.24, 2.45) is 5.92 Å². The molecule has 0 spiro atoms. The minimum atomic E-state index is -1.05. The molecule has 1 aliphatic rings. The smallest absolute Gasteiger partial charge is 0.330 e. The van der Waals surface area contributed by atoms with E-state index in [0.717, 1.165) is 13.0 Å². The molecule has 5 heteroatoms. The zero-order valence-electron chi connectivity index (χ0n) is 10.8. The van der Waals surface area contributed by atoms with Gasteiger partial charge in [-0.05, 0) is 24.4 Å². The summed E-state index contributed by atoms with van der Waals surface area (Å²) in [6.45, 7) is 2.78. The molecule has 2 rings (SSSR count). The van der Waals surface area contributed by atoms with E-state index in [1.54, 1.807) is 24.3 Å². The predicted octanol–water partition coefficient (Wildman–Crippen LogP) is 0.926. The Morgan fingerprint density at radius 1 is 1.37 bits per heavy atom. The molecule has 2 unspecified atom stereocenters. The van der Waals surface area contributed by atoms with Gasteiger partial charge in [-0.1, -0.05) is 37.3 Å². The number of carboxylic acid groups (broad SMARTS) is 1. The second-order valence-corrected chi connectivity index (χ2v) is 4.89.